The van der Waals surface area contributed by atoms with E-state index in [2.05, 4.69) is 18.1 Å². The average Bonchev–Trinajstić information content (AvgIpc) is 3.06. The van der Waals surface area contributed by atoms with Crippen molar-refractivity contribution in [1.29, 1.82) is 0 Å². The van der Waals surface area contributed by atoms with E-state index in [1.54, 1.807) is 0 Å². The molecule has 0 spiro atoms. The normalized spacial score (nSPS) is 36.4. The van der Waals surface area contributed by atoms with Crippen molar-refractivity contribution in [3.05, 3.63) is 33.1 Å². The number of alkyl halides is 1. The predicted octanol–water partition coefficient (Wildman–Crippen LogP) is -11.1. The molecular formula is C15H21FN2Na2O16P2. The van der Waals surface area contributed by atoms with Crippen molar-refractivity contribution in [2.24, 2.45) is 0 Å². The maximum atomic E-state index is 12.9. The first-order valence-electron chi connectivity index (χ1n) is 9.91. The number of aromatic nitrogens is 2. The molecule has 18 nitrogen and oxygen atoms in total. The van der Waals surface area contributed by atoms with Crippen LogP contribution < -0.4 is 80.2 Å². The van der Waals surface area contributed by atoms with Gasteiger partial charge in [0.25, 0.3) is 21.2 Å². The Morgan fingerprint density at radius 3 is 2.13 bits per heavy atom. The Balaban J connectivity index is 0.00000361. The first-order valence-corrected chi connectivity index (χ1v) is 12.8. The molecular weight excluding hydrogens is 591 g/mol. The third kappa shape index (κ3) is 8.80. The van der Waals surface area contributed by atoms with Crippen molar-refractivity contribution in [3.8, 4) is 0 Å². The summed E-state index contributed by atoms with van der Waals surface area (Å²) in [6.07, 6.45) is -16.5. The summed E-state index contributed by atoms with van der Waals surface area (Å²) in [7, 11) is -11.8. The third-order valence-electron chi connectivity index (χ3n) is 5.11. The fourth-order valence-electron chi connectivity index (χ4n) is 3.31. The van der Waals surface area contributed by atoms with E-state index < -0.39 is 95.4 Å². The second kappa shape index (κ2) is 14.7. The van der Waals surface area contributed by atoms with Crippen LogP contribution in [0.4, 0.5) is 4.39 Å². The molecule has 38 heavy (non-hydrogen) atoms. The van der Waals surface area contributed by atoms with E-state index >= 15 is 0 Å². The molecule has 1 aromatic heterocycles. The molecule has 2 saturated heterocycles. The molecule has 0 amide bonds. The van der Waals surface area contributed by atoms with Crippen molar-refractivity contribution >= 4 is 15.6 Å². The number of rotatable bonds is 9. The summed E-state index contributed by atoms with van der Waals surface area (Å²) in [5.41, 5.74) is -1.79. The molecule has 2 aliphatic rings. The van der Waals surface area contributed by atoms with Gasteiger partial charge >= 0.3 is 64.8 Å². The number of aromatic amines is 1. The zero-order valence-electron chi connectivity index (χ0n) is 19.7. The third-order valence-corrected chi connectivity index (χ3v) is 7.64. The van der Waals surface area contributed by atoms with Gasteiger partial charge in [0.1, 0.15) is 49.4 Å². The second-order valence-electron chi connectivity index (χ2n) is 7.61. The monoisotopic (exact) mass is 612 g/mol. The number of phosphoric ester groups is 2. The van der Waals surface area contributed by atoms with Gasteiger partial charge in [0, 0.05) is 12.3 Å². The van der Waals surface area contributed by atoms with Crippen molar-refractivity contribution in [2.45, 2.75) is 55.2 Å². The minimum Gasteiger partial charge on any atom is -0.756 e. The van der Waals surface area contributed by atoms with Crippen LogP contribution in [0.2, 0.25) is 0 Å². The Bertz CT molecular complexity index is 1140. The van der Waals surface area contributed by atoms with Crippen LogP contribution in [-0.4, -0.2) is 97.4 Å². The van der Waals surface area contributed by atoms with E-state index in [1.807, 2.05) is 4.98 Å². The van der Waals surface area contributed by atoms with Crippen LogP contribution in [0.5, 0.6) is 0 Å². The molecule has 2 fully saturated rings. The van der Waals surface area contributed by atoms with E-state index in [4.69, 9.17) is 4.74 Å². The van der Waals surface area contributed by atoms with Crippen molar-refractivity contribution in [1.82, 2.24) is 9.55 Å². The maximum Gasteiger partial charge on any atom is 1.00 e. The summed E-state index contributed by atoms with van der Waals surface area (Å²) >= 11 is 0. The summed E-state index contributed by atoms with van der Waals surface area (Å²) in [4.78, 5) is 48.8. The number of halogens is 1. The second-order valence-corrected chi connectivity index (χ2v) is 10.5. The number of hydrogen-bond acceptors (Lipinski definition) is 16. The van der Waals surface area contributed by atoms with Crippen LogP contribution in [0.15, 0.2) is 21.9 Å². The van der Waals surface area contributed by atoms with Crippen molar-refractivity contribution in [2.75, 3.05) is 13.3 Å². The fourth-order valence-corrected chi connectivity index (χ4v) is 5.39. The summed E-state index contributed by atoms with van der Waals surface area (Å²) in [5.74, 6) is 0. The van der Waals surface area contributed by atoms with Crippen LogP contribution >= 0.6 is 15.6 Å². The molecule has 6 N–H and O–H groups in total. The molecule has 2 aliphatic heterocycles. The molecule has 0 bridgehead atoms. The van der Waals surface area contributed by atoms with Gasteiger partial charge in [0.2, 0.25) is 0 Å². The molecule has 0 aromatic carbocycles. The van der Waals surface area contributed by atoms with Gasteiger partial charge in [-0.15, -0.1) is 0 Å². The number of aliphatic hydroxyl groups excluding tert-OH is 5. The predicted molar refractivity (Wildman–Crippen MR) is 103 cm³/mol. The number of nitrogens with one attached hydrogen (secondary N) is 1. The summed E-state index contributed by atoms with van der Waals surface area (Å²) in [6.45, 7) is -2.56. The molecule has 23 heteroatoms. The minimum atomic E-state index is -5.95. The molecule has 7 unspecified atom stereocenters. The molecule has 0 saturated carbocycles. The number of H-pyrrole nitrogens is 1. The zero-order chi connectivity index (χ0) is 27.0. The number of hydrogen-bond donors (Lipinski definition) is 6. The van der Waals surface area contributed by atoms with Gasteiger partial charge in [0.15, 0.2) is 12.5 Å². The largest absolute Gasteiger partial charge is 1.00 e. The molecule has 0 radical (unpaired) electrons. The van der Waals surface area contributed by atoms with E-state index in [9.17, 15) is 58.4 Å². The SMILES string of the molecule is O=c1ccn([C@@H]2O[C@H](COP(=O)([O-])OP(=O)([O-])OC3OC(CF)C(O)C(O)C3O)[C@@H](O)[C@H]2O)c(=O)[nH]1.[Na+].[Na+]. The number of phosphoric acid groups is 2. The Hall–Kier alpha value is 0.590. The Morgan fingerprint density at radius 1 is 0.947 bits per heavy atom. The van der Waals surface area contributed by atoms with Crippen molar-refractivity contribution < 1.29 is 131 Å². The van der Waals surface area contributed by atoms with Crippen LogP contribution in [-0.2, 0) is 32.0 Å². The van der Waals surface area contributed by atoms with Crippen LogP contribution in [0.3, 0.4) is 0 Å². The van der Waals surface area contributed by atoms with Crippen molar-refractivity contribution in [3.63, 3.8) is 0 Å². The Kier molecular flexibility index (Phi) is 14.1. The van der Waals surface area contributed by atoms with Gasteiger partial charge < -0.3 is 49.3 Å². The molecule has 11 atom stereocenters. The van der Waals surface area contributed by atoms with Crippen LogP contribution in [0.25, 0.3) is 0 Å². The van der Waals surface area contributed by atoms with Gasteiger partial charge in [-0.3, -0.25) is 28.0 Å². The molecule has 206 valence electrons. The smallest absolute Gasteiger partial charge is 0.756 e. The van der Waals surface area contributed by atoms with Crippen LogP contribution in [0, 0.1) is 0 Å². The van der Waals surface area contributed by atoms with Gasteiger partial charge in [-0.05, 0) is 0 Å². The minimum absolute atomic E-state index is 0. The first kappa shape index (κ1) is 36.6. The molecule has 3 heterocycles. The Labute approximate surface area is 256 Å². The zero-order valence-corrected chi connectivity index (χ0v) is 25.5. The van der Waals surface area contributed by atoms with Crippen LogP contribution in [0.1, 0.15) is 6.23 Å². The molecule has 0 aliphatic carbocycles. The van der Waals surface area contributed by atoms with E-state index in [-0.39, 0.29) is 59.1 Å². The standard InChI is InChI=1S/C15H23FN2O16P2.2Na/c16-3-5-8(20)10(22)12(24)14(32-5)33-36(28,29)34-35(26,27)30-4-6-9(21)11(23)13(31-6)18-2-1-7(19)17-15(18)25;;/h1-2,5-6,8-14,20-24H,3-4H2,(H,26,27)(H,28,29)(H,17,19,25);;/q;2*+1/p-2/t5?,6-,8?,9-,10?,11-,12?,13-,14?;;/m1../s1. The number of nitrogens with zero attached hydrogens (tertiary/aromatic N) is 1. The van der Waals surface area contributed by atoms with Gasteiger partial charge in [-0.2, -0.15) is 0 Å². The molecule has 1 aromatic rings. The maximum absolute atomic E-state index is 12.9. The van der Waals surface area contributed by atoms with E-state index in [0.29, 0.717) is 4.57 Å². The summed E-state index contributed by atoms with van der Waals surface area (Å²) in [5, 5.41) is 49.1. The molecule has 3 rings (SSSR count). The number of ether oxygens (including phenoxy) is 2. The quantitative estimate of drug-likeness (QED) is 0.111. The number of aliphatic hydroxyl groups is 5. The fraction of sp³-hybridized carbons (Fsp3) is 0.733. The topological polar surface area (TPSA) is 282 Å². The van der Waals surface area contributed by atoms with Gasteiger partial charge in [-0.1, -0.05) is 0 Å². The van der Waals surface area contributed by atoms with Gasteiger partial charge in [-0.25, -0.2) is 13.5 Å². The van der Waals surface area contributed by atoms with E-state index in [1.165, 1.54) is 0 Å². The summed E-state index contributed by atoms with van der Waals surface area (Å²) in [6, 6.07) is 0.904. The summed E-state index contributed by atoms with van der Waals surface area (Å²) < 4.78 is 59.7. The van der Waals surface area contributed by atoms with E-state index in [0.717, 1.165) is 12.3 Å². The van der Waals surface area contributed by atoms with Gasteiger partial charge in [0.05, 0.1) is 6.61 Å². The first-order chi connectivity index (χ1) is 16.7. The Morgan fingerprint density at radius 2 is 1.55 bits per heavy atom. The average molecular weight is 612 g/mol.